The molecule has 2 heterocycles. The highest BCUT2D eigenvalue weighted by Gasteiger charge is 2.25. The predicted octanol–water partition coefficient (Wildman–Crippen LogP) is 2.11. The van der Waals surface area contributed by atoms with E-state index < -0.39 is 6.10 Å². The maximum atomic E-state index is 10.1. The number of aliphatic hydroxyl groups excluding tert-OH is 1. The molecule has 1 fully saturated rings. The van der Waals surface area contributed by atoms with E-state index in [1.54, 1.807) is 12.4 Å². The summed E-state index contributed by atoms with van der Waals surface area (Å²) < 4.78 is 11.5. The van der Waals surface area contributed by atoms with Crippen molar-refractivity contribution in [2.75, 3.05) is 26.2 Å². The molecule has 1 aromatic carbocycles. The quantitative estimate of drug-likeness (QED) is 0.804. The van der Waals surface area contributed by atoms with Crippen molar-refractivity contribution in [3.8, 4) is 5.75 Å². The lowest BCUT2D eigenvalue weighted by Gasteiger charge is -2.20. The molecule has 0 bridgehead atoms. The van der Waals surface area contributed by atoms with Crippen molar-refractivity contribution in [2.24, 2.45) is 0 Å². The molecular formula is C19H24N2O3. The zero-order valence-corrected chi connectivity index (χ0v) is 13.8. The summed E-state index contributed by atoms with van der Waals surface area (Å²) in [7, 11) is 0. The molecule has 5 heteroatoms. The van der Waals surface area contributed by atoms with E-state index in [0.29, 0.717) is 19.8 Å². The lowest BCUT2D eigenvalue weighted by atomic mass is 10.2. The third-order valence-electron chi connectivity index (χ3n) is 4.06. The van der Waals surface area contributed by atoms with Crippen LogP contribution in [0, 0.1) is 0 Å². The van der Waals surface area contributed by atoms with Gasteiger partial charge in [-0.25, -0.2) is 0 Å². The minimum absolute atomic E-state index is 0.159. The number of aromatic nitrogens is 1. The van der Waals surface area contributed by atoms with E-state index in [1.165, 1.54) is 0 Å². The van der Waals surface area contributed by atoms with Gasteiger partial charge in [-0.2, -0.15) is 0 Å². The first kappa shape index (κ1) is 16.9. The smallest absolute Gasteiger partial charge is 0.138 e. The Bertz CT molecular complexity index is 594. The molecule has 2 unspecified atom stereocenters. The minimum atomic E-state index is -0.481. The zero-order valence-electron chi connectivity index (χ0n) is 13.8. The molecule has 1 aromatic heterocycles. The number of pyridine rings is 1. The molecule has 2 atom stereocenters. The maximum Gasteiger partial charge on any atom is 0.138 e. The van der Waals surface area contributed by atoms with E-state index in [2.05, 4.69) is 9.88 Å². The molecule has 2 aromatic rings. The number of likely N-dealkylation sites (tertiary alicyclic amines) is 1. The van der Waals surface area contributed by atoms with Crippen LogP contribution in [0.4, 0.5) is 0 Å². The van der Waals surface area contributed by atoms with Gasteiger partial charge in [0, 0.05) is 25.8 Å². The summed E-state index contributed by atoms with van der Waals surface area (Å²) in [5.74, 6) is 0.802. The third-order valence-corrected chi connectivity index (χ3v) is 4.06. The molecule has 0 spiro atoms. The van der Waals surface area contributed by atoms with Crippen molar-refractivity contribution in [1.82, 2.24) is 9.88 Å². The van der Waals surface area contributed by atoms with Crippen LogP contribution in [0.25, 0.3) is 0 Å². The van der Waals surface area contributed by atoms with E-state index in [1.807, 2.05) is 42.5 Å². The second-order valence-corrected chi connectivity index (χ2v) is 6.13. The van der Waals surface area contributed by atoms with Crippen molar-refractivity contribution in [3.63, 3.8) is 0 Å². The summed E-state index contributed by atoms with van der Waals surface area (Å²) in [6.45, 7) is 3.25. The fourth-order valence-electron chi connectivity index (χ4n) is 2.91. The lowest BCUT2D eigenvalue weighted by Crippen LogP contribution is -2.34. The Labute approximate surface area is 142 Å². The van der Waals surface area contributed by atoms with Crippen molar-refractivity contribution in [1.29, 1.82) is 0 Å². The second kappa shape index (κ2) is 8.78. The molecule has 1 N–H and O–H groups in total. The number of benzene rings is 1. The van der Waals surface area contributed by atoms with Gasteiger partial charge >= 0.3 is 0 Å². The van der Waals surface area contributed by atoms with Crippen molar-refractivity contribution < 1.29 is 14.6 Å². The third kappa shape index (κ3) is 5.30. The molecular weight excluding hydrogens is 304 g/mol. The van der Waals surface area contributed by atoms with E-state index in [0.717, 1.165) is 30.8 Å². The van der Waals surface area contributed by atoms with Crippen molar-refractivity contribution in [2.45, 2.75) is 25.2 Å². The molecule has 0 amide bonds. The van der Waals surface area contributed by atoms with Crippen LogP contribution in [0.1, 0.15) is 12.0 Å². The van der Waals surface area contributed by atoms with Crippen molar-refractivity contribution >= 4 is 0 Å². The number of hydrogen-bond acceptors (Lipinski definition) is 5. The highest BCUT2D eigenvalue weighted by molar-refractivity contribution is 5.16. The van der Waals surface area contributed by atoms with Crippen LogP contribution in [0.15, 0.2) is 54.9 Å². The summed E-state index contributed by atoms with van der Waals surface area (Å²) >= 11 is 0. The van der Waals surface area contributed by atoms with Gasteiger partial charge in [0.15, 0.2) is 0 Å². The van der Waals surface area contributed by atoms with E-state index in [9.17, 15) is 5.11 Å². The van der Waals surface area contributed by atoms with E-state index >= 15 is 0 Å². The van der Waals surface area contributed by atoms with Gasteiger partial charge in [-0.05, 0) is 24.1 Å². The van der Waals surface area contributed by atoms with Crippen LogP contribution < -0.4 is 4.74 Å². The molecule has 3 rings (SSSR count). The fraction of sp³-hybridized carbons (Fsp3) is 0.421. The van der Waals surface area contributed by atoms with Gasteiger partial charge in [0.1, 0.15) is 11.9 Å². The molecule has 0 radical (unpaired) electrons. The molecule has 5 nitrogen and oxygen atoms in total. The SMILES string of the molecule is OC(COCc1ccccc1)CN1CCC(Oc2cccnc2)C1. The van der Waals surface area contributed by atoms with Crippen LogP contribution in [0.5, 0.6) is 5.75 Å². The molecule has 24 heavy (non-hydrogen) atoms. The first-order valence-corrected chi connectivity index (χ1v) is 8.38. The van der Waals surface area contributed by atoms with E-state index in [4.69, 9.17) is 9.47 Å². The second-order valence-electron chi connectivity index (χ2n) is 6.13. The number of β-amino-alcohol motifs (C(OH)–C–C–N with tert-alkyl or cyclic N) is 1. The van der Waals surface area contributed by atoms with Crippen LogP contribution in [0.2, 0.25) is 0 Å². The minimum Gasteiger partial charge on any atom is -0.487 e. The highest BCUT2D eigenvalue weighted by atomic mass is 16.5. The largest absolute Gasteiger partial charge is 0.487 e. The predicted molar refractivity (Wildman–Crippen MR) is 91.8 cm³/mol. The number of rotatable bonds is 8. The molecule has 1 aliphatic heterocycles. The molecule has 0 aliphatic carbocycles. The number of hydrogen-bond donors (Lipinski definition) is 1. The average Bonchev–Trinajstić information content (AvgIpc) is 3.03. The van der Waals surface area contributed by atoms with Gasteiger partial charge in [-0.3, -0.25) is 9.88 Å². The van der Waals surface area contributed by atoms with Crippen molar-refractivity contribution in [3.05, 3.63) is 60.4 Å². The normalized spacial score (nSPS) is 19.3. The Morgan fingerprint density at radius 3 is 2.88 bits per heavy atom. The standard InChI is InChI=1S/C19H24N2O3/c22-17(15-23-14-16-5-2-1-3-6-16)12-21-10-8-19(13-21)24-18-7-4-9-20-11-18/h1-7,9,11,17,19,22H,8,10,12-15H2. The Balaban J connectivity index is 1.34. The highest BCUT2D eigenvalue weighted by Crippen LogP contribution is 2.17. The van der Waals surface area contributed by atoms with Gasteiger partial charge in [0.2, 0.25) is 0 Å². The zero-order chi connectivity index (χ0) is 16.6. The van der Waals surface area contributed by atoms with Crippen LogP contribution in [-0.2, 0) is 11.3 Å². The first-order chi connectivity index (χ1) is 11.8. The van der Waals surface area contributed by atoms with Crippen LogP contribution in [0.3, 0.4) is 0 Å². The average molecular weight is 328 g/mol. The summed E-state index contributed by atoms with van der Waals surface area (Å²) in [4.78, 5) is 6.28. The fourth-order valence-corrected chi connectivity index (χ4v) is 2.91. The summed E-state index contributed by atoms with van der Waals surface area (Å²) in [6, 6.07) is 13.8. The maximum absolute atomic E-state index is 10.1. The van der Waals surface area contributed by atoms with Crippen LogP contribution >= 0.6 is 0 Å². The Morgan fingerprint density at radius 1 is 1.21 bits per heavy atom. The summed E-state index contributed by atoms with van der Waals surface area (Å²) in [5, 5.41) is 10.1. The summed E-state index contributed by atoms with van der Waals surface area (Å²) in [5.41, 5.74) is 1.12. The number of nitrogens with zero attached hydrogens (tertiary/aromatic N) is 2. The van der Waals surface area contributed by atoms with Gasteiger partial charge in [0.25, 0.3) is 0 Å². The Hall–Kier alpha value is -1.95. The topological polar surface area (TPSA) is 54.8 Å². The van der Waals surface area contributed by atoms with E-state index in [-0.39, 0.29) is 6.10 Å². The van der Waals surface area contributed by atoms with Gasteiger partial charge in [-0.1, -0.05) is 30.3 Å². The molecule has 1 aliphatic rings. The molecule has 1 saturated heterocycles. The van der Waals surface area contributed by atoms with Crippen LogP contribution in [-0.4, -0.2) is 53.4 Å². The monoisotopic (exact) mass is 328 g/mol. The first-order valence-electron chi connectivity index (χ1n) is 8.38. The number of ether oxygens (including phenoxy) is 2. The van der Waals surface area contributed by atoms with Gasteiger partial charge in [-0.15, -0.1) is 0 Å². The summed E-state index contributed by atoms with van der Waals surface area (Å²) in [6.07, 6.45) is 4.11. The molecule has 128 valence electrons. The number of aliphatic hydroxyl groups is 1. The Kier molecular flexibility index (Phi) is 6.18. The van der Waals surface area contributed by atoms with Gasteiger partial charge < -0.3 is 14.6 Å². The van der Waals surface area contributed by atoms with Gasteiger partial charge in [0.05, 0.1) is 25.5 Å². The molecule has 0 saturated carbocycles. The Morgan fingerprint density at radius 2 is 2.08 bits per heavy atom. The lowest BCUT2D eigenvalue weighted by molar-refractivity contribution is 0.0121.